The Hall–Kier alpha value is -2.99. The highest BCUT2D eigenvalue weighted by atomic mass is 32.1. The zero-order valence-corrected chi connectivity index (χ0v) is 17.0. The highest BCUT2D eigenvalue weighted by molar-refractivity contribution is 7.13. The molecule has 2 amide bonds. The Bertz CT molecular complexity index is 977. The van der Waals surface area contributed by atoms with Crippen LogP contribution in [0.5, 0.6) is 0 Å². The molecule has 0 unspecified atom stereocenters. The van der Waals surface area contributed by atoms with Gasteiger partial charge in [-0.2, -0.15) is 0 Å². The maximum Gasteiger partial charge on any atom is 0.271 e. The number of nitrogens with zero attached hydrogens (tertiary/aromatic N) is 1. The minimum atomic E-state index is -0.216. The van der Waals surface area contributed by atoms with Crippen molar-refractivity contribution in [3.05, 3.63) is 70.7 Å². The van der Waals surface area contributed by atoms with Gasteiger partial charge in [0.25, 0.3) is 5.91 Å². The molecule has 2 aromatic carbocycles. The Morgan fingerprint density at radius 3 is 2.57 bits per heavy atom. The molecule has 0 aliphatic carbocycles. The summed E-state index contributed by atoms with van der Waals surface area (Å²) in [5.74, 6) is -0.339. The Morgan fingerprint density at radius 1 is 1.11 bits per heavy atom. The van der Waals surface area contributed by atoms with E-state index in [1.807, 2.05) is 69.3 Å². The first-order chi connectivity index (χ1) is 13.4. The number of nitrogens with one attached hydrogen (secondary N) is 2. The number of rotatable bonds is 6. The van der Waals surface area contributed by atoms with Crippen molar-refractivity contribution in [3.8, 4) is 10.6 Å². The second-order valence-electron chi connectivity index (χ2n) is 6.93. The van der Waals surface area contributed by atoms with Crippen molar-refractivity contribution < 1.29 is 9.59 Å². The molecule has 0 aliphatic rings. The van der Waals surface area contributed by atoms with E-state index in [-0.39, 0.29) is 17.7 Å². The molecule has 1 heterocycles. The van der Waals surface area contributed by atoms with E-state index in [1.54, 1.807) is 5.38 Å². The summed E-state index contributed by atoms with van der Waals surface area (Å²) in [6.45, 7) is 6.09. The molecule has 2 N–H and O–H groups in total. The van der Waals surface area contributed by atoms with Gasteiger partial charge in [-0.05, 0) is 24.6 Å². The molecule has 0 fully saturated rings. The third-order valence-corrected chi connectivity index (χ3v) is 5.10. The number of anilines is 1. The van der Waals surface area contributed by atoms with Crippen LogP contribution in [0.3, 0.4) is 0 Å². The van der Waals surface area contributed by atoms with Gasteiger partial charge in [-0.15, -0.1) is 11.3 Å². The molecular weight excluding hydrogens is 370 g/mol. The average Bonchev–Trinajstić information content (AvgIpc) is 3.17. The third-order valence-electron chi connectivity index (χ3n) is 4.21. The SMILES string of the molecule is Cc1ccc(-c2nc(C(=O)NCc3cccc(NC(=O)C(C)C)c3)cs2)cc1. The van der Waals surface area contributed by atoms with Gasteiger partial charge in [0.2, 0.25) is 5.91 Å². The summed E-state index contributed by atoms with van der Waals surface area (Å²) in [5.41, 5.74) is 4.22. The lowest BCUT2D eigenvalue weighted by molar-refractivity contribution is -0.118. The molecule has 0 saturated carbocycles. The number of hydrogen-bond donors (Lipinski definition) is 2. The Morgan fingerprint density at radius 2 is 1.86 bits per heavy atom. The predicted molar refractivity (Wildman–Crippen MR) is 113 cm³/mol. The number of thiazole rings is 1. The van der Waals surface area contributed by atoms with Gasteiger partial charge < -0.3 is 10.6 Å². The number of benzene rings is 2. The van der Waals surface area contributed by atoms with Crippen molar-refractivity contribution in [2.24, 2.45) is 5.92 Å². The second-order valence-corrected chi connectivity index (χ2v) is 7.79. The van der Waals surface area contributed by atoms with Crippen LogP contribution in [-0.4, -0.2) is 16.8 Å². The van der Waals surface area contributed by atoms with Crippen LogP contribution >= 0.6 is 11.3 Å². The van der Waals surface area contributed by atoms with Gasteiger partial charge in [0.15, 0.2) is 0 Å². The molecule has 28 heavy (non-hydrogen) atoms. The topological polar surface area (TPSA) is 71.1 Å². The fraction of sp³-hybridized carbons (Fsp3) is 0.227. The Balaban J connectivity index is 1.61. The predicted octanol–water partition coefficient (Wildman–Crippen LogP) is 4.64. The lowest BCUT2D eigenvalue weighted by Gasteiger charge is -2.09. The van der Waals surface area contributed by atoms with E-state index in [2.05, 4.69) is 15.6 Å². The molecular formula is C22H23N3O2S. The molecule has 0 radical (unpaired) electrons. The summed E-state index contributed by atoms with van der Waals surface area (Å²) < 4.78 is 0. The lowest BCUT2D eigenvalue weighted by Crippen LogP contribution is -2.23. The molecule has 0 spiro atoms. The second kappa shape index (κ2) is 8.80. The molecule has 144 valence electrons. The maximum atomic E-state index is 12.4. The van der Waals surface area contributed by atoms with E-state index in [0.29, 0.717) is 12.2 Å². The van der Waals surface area contributed by atoms with Crippen molar-refractivity contribution in [1.82, 2.24) is 10.3 Å². The quantitative estimate of drug-likeness (QED) is 0.641. The fourth-order valence-corrected chi connectivity index (χ4v) is 3.33. The minimum Gasteiger partial charge on any atom is -0.347 e. The van der Waals surface area contributed by atoms with Crippen molar-refractivity contribution >= 4 is 28.8 Å². The zero-order chi connectivity index (χ0) is 20.1. The minimum absolute atomic E-state index is 0.0349. The molecule has 1 aromatic heterocycles. The van der Waals surface area contributed by atoms with Gasteiger partial charge in [0.05, 0.1) is 0 Å². The lowest BCUT2D eigenvalue weighted by atomic mass is 10.1. The Labute approximate surface area is 168 Å². The van der Waals surface area contributed by atoms with Crippen molar-refractivity contribution in [3.63, 3.8) is 0 Å². The van der Waals surface area contributed by atoms with Crippen molar-refractivity contribution in [1.29, 1.82) is 0 Å². The van der Waals surface area contributed by atoms with Crippen LogP contribution in [0.4, 0.5) is 5.69 Å². The van der Waals surface area contributed by atoms with Crippen LogP contribution in [0.1, 0.15) is 35.5 Å². The van der Waals surface area contributed by atoms with E-state index < -0.39 is 0 Å². The first kappa shape index (κ1) is 19.8. The van der Waals surface area contributed by atoms with E-state index in [0.717, 1.165) is 21.8 Å². The normalized spacial score (nSPS) is 10.7. The summed E-state index contributed by atoms with van der Waals surface area (Å²) in [6.07, 6.45) is 0. The van der Waals surface area contributed by atoms with E-state index in [4.69, 9.17) is 0 Å². The molecule has 6 heteroatoms. The van der Waals surface area contributed by atoms with Crippen LogP contribution in [0.2, 0.25) is 0 Å². The average molecular weight is 394 g/mol. The van der Waals surface area contributed by atoms with Gasteiger partial charge in [-0.25, -0.2) is 4.98 Å². The van der Waals surface area contributed by atoms with Crippen LogP contribution in [0.15, 0.2) is 53.9 Å². The first-order valence-electron chi connectivity index (χ1n) is 9.13. The van der Waals surface area contributed by atoms with Crippen LogP contribution in [0, 0.1) is 12.8 Å². The Kier molecular flexibility index (Phi) is 6.21. The van der Waals surface area contributed by atoms with E-state index in [1.165, 1.54) is 16.9 Å². The van der Waals surface area contributed by atoms with Crippen LogP contribution in [-0.2, 0) is 11.3 Å². The molecule has 0 saturated heterocycles. The highest BCUT2D eigenvalue weighted by Crippen LogP contribution is 2.24. The van der Waals surface area contributed by atoms with Crippen molar-refractivity contribution in [2.45, 2.75) is 27.3 Å². The molecule has 3 rings (SSSR count). The summed E-state index contributed by atoms with van der Waals surface area (Å²) >= 11 is 1.45. The highest BCUT2D eigenvalue weighted by Gasteiger charge is 2.12. The van der Waals surface area contributed by atoms with Gasteiger partial charge in [0, 0.05) is 29.1 Å². The van der Waals surface area contributed by atoms with E-state index >= 15 is 0 Å². The van der Waals surface area contributed by atoms with Crippen LogP contribution < -0.4 is 10.6 Å². The summed E-state index contributed by atoms with van der Waals surface area (Å²) in [7, 11) is 0. The summed E-state index contributed by atoms with van der Waals surface area (Å²) in [6, 6.07) is 15.5. The maximum absolute atomic E-state index is 12.4. The number of carbonyl (C=O) groups is 2. The van der Waals surface area contributed by atoms with E-state index in [9.17, 15) is 9.59 Å². The molecule has 5 nitrogen and oxygen atoms in total. The van der Waals surface area contributed by atoms with Gasteiger partial charge in [-0.1, -0.05) is 55.8 Å². The number of aryl methyl sites for hydroxylation is 1. The fourth-order valence-electron chi connectivity index (χ4n) is 2.53. The smallest absolute Gasteiger partial charge is 0.271 e. The monoisotopic (exact) mass is 393 g/mol. The summed E-state index contributed by atoms with van der Waals surface area (Å²) in [4.78, 5) is 28.7. The number of amides is 2. The van der Waals surface area contributed by atoms with Gasteiger partial charge in [0.1, 0.15) is 10.7 Å². The first-order valence-corrected chi connectivity index (χ1v) is 10.0. The number of hydrogen-bond acceptors (Lipinski definition) is 4. The molecule has 0 bridgehead atoms. The van der Waals surface area contributed by atoms with Gasteiger partial charge >= 0.3 is 0 Å². The van der Waals surface area contributed by atoms with Crippen molar-refractivity contribution in [2.75, 3.05) is 5.32 Å². The molecule has 0 atom stereocenters. The summed E-state index contributed by atoms with van der Waals surface area (Å²) in [5, 5.41) is 8.34. The molecule has 3 aromatic rings. The molecule has 0 aliphatic heterocycles. The number of aromatic nitrogens is 1. The largest absolute Gasteiger partial charge is 0.347 e. The van der Waals surface area contributed by atoms with Gasteiger partial charge in [-0.3, -0.25) is 9.59 Å². The third kappa shape index (κ3) is 5.04. The standard InChI is InChI=1S/C22H23N3O2S/c1-14(2)20(26)24-18-6-4-5-16(11-18)12-23-21(27)19-13-28-22(25-19)17-9-7-15(3)8-10-17/h4-11,13-14H,12H2,1-3H3,(H,23,27)(H,24,26). The van der Waals surface area contributed by atoms with Crippen LogP contribution in [0.25, 0.3) is 10.6 Å². The number of carbonyl (C=O) groups excluding carboxylic acids is 2. The zero-order valence-electron chi connectivity index (χ0n) is 16.2.